The molecule has 0 aliphatic heterocycles. The Morgan fingerprint density at radius 1 is 1.03 bits per heavy atom. The lowest BCUT2D eigenvalue weighted by Crippen LogP contribution is -2.08. The number of carbonyl (C=O) groups excluding carboxylic acids is 1. The van der Waals surface area contributed by atoms with E-state index in [2.05, 4.69) is 0 Å². The number of methoxy groups -OCH3 is 2. The smallest absolute Gasteiger partial charge is 0.349 e. The monoisotopic (exact) mass is 407 g/mol. The first-order valence-electron chi connectivity index (χ1n) is 9.00. The third kappa shape index (κ3) is 5.26. The van der Waals surface area contributed by atoms with Crippen LogP contribution in [-0.4, -0.2) is 37.9 Å². The van der Waals surface area contributed by atoms with Crippen LogP contribution in [0.5, 0.6) is 11.5 Å². The minimum Gasteiger partial charge on any atom is -0.493 e. The summed E-state index contributed by atoms with van der Waals surface area (Å²) >= 11 is 0. The Morgan fingerprint density at radius 3 is 2.20 bits per heavy atom. The van der Waals surface area contributed by atoms with Crippen molar-refractivity contribution in [1.82, 2.24) is 0 Å². The standard InChI is InChI=1S/C23H21NO6/c1-4-30-23(27)19(14-24)18(17-10-12-20(28-2)21(13-17)29-3)11-7-15-5-8-16(9-6-15)22(25)26/h5-13H,4H2,1-3H3,(H,25,26)/b11-7+,19-18+. The highest BCUT2D eigenvalue weighted by molar-refractivity contribution is 6.04. The van der Waals surface area contributed by atoms with E-state index in [-0.39, 0.29) is 17.7 Å². The molecule has 30 heavy (non-hydrogen) atoms. The Labute approximate surface area is 174 Å². The van der Waals surface area contributed by atoms with Crippen molar-refractivity contribution >= 4 is 23.6 Å². The largest absolute Gasteiger partial charge is 0.493 e. The van der Waals surface area contributed by atoms with Gasteiger partial charge in [0.25, 0.3) is 0 Å². The predicted molar refractivity (Wildman–Crippen MR) is 111 cm³/mol. The summed E-state index contributed by atoms with van der Waals surface area (Å²) in [5.74, 6) is -0.822. The van der Waals surface area contributed by atoms with Gasteiger partial charge in [-0.3, -0.25) is 0 Å². The van der Waals surface area contributed by atoms with Gasteiger partial charge >= 0.3 is 11.9 Å². The van der Waals surface area contributed by atoms with Crippen molar-refractivity contribution in [2.24, 2.45) is 0 Å². The molecule has 7 heteroatoms. The molecule has 0 radical (unpaired) electrons. The summed E-state index contributed by atoms with van der Waals surface area (Å²) in [5, 5.41) is 18.6. The fourth-order valence-corrected chi connectivity index (χ4v) is 2.66. The summed E-state index contributed by atoms with van der Waals surface area (Å²) in [5.41, 5.74) is 1.57. The van der Waals surface area contributed by atoms with Crippen LogP contribution >= 0.6 is 0 Å². The molecule has 0 fully saturated rings. The van der Waals surface area contributed by atoms with E-state index >= 15 is 0 Å². The number of carboxylic acid groups (broad SMARTS) is 1. The number of nitriles is 1. The van der Waals surface area contributed by atoms with Gasteiger partial charge in [0.05, 0.1) is 26.4 Å². The van der Waals surface area contributed by atoms with E-state index in [1.807, 2.05) is 6.07 Å². The van der Waals surface area contributed by atoms with Crippen LogP contribution < -0.4 is 9.47 Å². The van der Waals surface area contributed by atoms with Crippen molar-refractivity contribution in [3.8, 4) is 17.6 Å². The van der Waals surface area contributed by atoms with Gasteiger partial charge in [0.15, 0.2) is 11.5 Å². The van der Waals surface area contributed by atoms with Crippen LogP contribution in [0.1, 0.15) is 28.4 Å². The fraction of sp³-hybridized carbons (Fsp3) is 0.174. The Morgan fingerprint density at radius 2 is 1.67 bits per heavy atom. The number of carboxylic acids is 1. The van der Waals surface area contributed by atoms with Crippen molar-refractivity contribution in [3.05, 3.63) is 70.8 Å². The van der Waals surface area contributed by atoms with Gasteiger partial charge in [-0.25, -0.2) is 9.59 Å². The van der Waals surface area contributed by atoms with Gasteiger partial charge in [-0.15, -0.1) is 0 Å². The summed E-state index contributed by atoms with van der Waals surface area (Å²) in [6.07, 6.45) is 3.28. The second-order valence-electron chi connectivity index (χ2n) is 5.95. The van der Waals surface area contributed by atoms with Crippen molar-refractivity contribution in [1.29, 1.82) is 5.26 Å². The van der Waals surface area contributed by atoms with Crippen molar-refractivity contribution in [2.75, 3.05) is 20.8 Å². The van der Waals surface area contributed by atoms with Crippen molar-refractivity contribution < 1.29 is 28.9 Å². The van der Waals surface area contributed by atoms with E-state index in [4.69, 9.17) is 19.3 Å². The first-order chi connectivity index (χ1) is 14.4. The molecule has 0 unspecified atom stereocenters. The first-order valence-corrected chi connectivity index (χ1v) is 9.00. The predicted octanol–water partition coefficient (Wildman–Crippen LogP) is 3.96. The highest BCUT2D eigenvalue weighted by Crippen LogP contribution is 2.32. The summed E-state index contributed by atoms with van der Waals surface area (Å²) in [6.45, 7) is 1.78. The Balaban J connectivity index is 2.58. The van der Waals surface area contributed by atoms with Crippen molar-refractivity contribution in [3.63, 3.8) is 0 Å². The first kappa shape index (κ1) is 22.2. The van der Waals surface area contributed by atoms with Gasteiger partial charge in [-0.05, 0) is 42.3 Å². The lowest BCUT2D eigenvalue weighted by Gasteiger charge is -2.12. The summed E-state index contributed by atoms with van der Waals surface area (Å²) in [6, 6.07) is 13.1. The van der Waals surface area contributed by atoms with E-state index < -0.39 is 11.9 Å². The fourth-order valence-electron chi connectivity index (χ4n) is 2.66. The normalized spacial score (nSPS) is 11.4. The summed E-state index contributed by atoms with van der Waals surface area (Å²) in [7, 11) is 3.00. The van der Waals surface area contributed by atoms with E-state index in [0.717, 1.165) is 0 Å². The van der Waals surface area contributed by atoms with Crippen LogP contribution in [-0.2, 0) is 9.53 Å². The third-order valence-corrected chi connectivity index (χ3v) is 4.16. The molecule has 0 aliphatic carbocycles. The molecule has 0 saturated carbocycles. The van der Waals surface area contributed by atoms with Gasteiger partial charge < -0.3 is 19.3 Å². The molecular weight excluding hydrogens is 386 g/mol. The Kier molecular flexibility index (Phi) is 7.77. The second-order valence-corrected chi connectivity index (χ2v) is 5.95. The topological polar surface area (TPSA) is 106 Å². The number of allylic oxidation sites excluding steroid dienone is 2. The molecule has 0 amide bonds. The molecule has 1 N–H and O–H groups in total. The number of aromatic carboxylic acids is 1. The second kappa shape index (κ2) is 10.5. The summed E-state index contributed by atoms with van der Waals surface area (Å²) in [4.78, 5) is 23.3. The summed E-state index contributed by atoms with van der Waals surface area (Å²) < 4.78 is 15.6. The molecule has 0 bridgehead atoms. The molecule has 0 atom stereocenters. The molecule has 2 rings (SSSR count). The number of hydrogen-bond acceptors (Lipinski definition) is 6. The number of esters is 1. The molecule has 0 aliphatic rings. The van der Waals surface area contributed by atoms with Gasteiger partial charge in [0, 0.05) is 5.57 Å². The van der Waals surface area contributed by atoms with Crippen molar-refractivity contribution in [2.45, 2.75) is 6.92 Å². The zero-order valence-corrected chi connectivity index (χ0v) is 16.8. The molecule has 2 aromatic carbocycles. The van der Waals surface area contributed by atoms with Gasteiger partial charge in [-0.1, -0.05) is 30.4 Å². The minimum atomic E-state index is -1.02. The lowest BCUT2D eigenvalue weighted by molar-refractivity contribution is -0.137. The van der Waals surface area contributed by atoms with Gasteiger partial charge in [0.1, 0.15) is 11.6 Å². The number of benzene rings is 2. The molecule has 7 nitrogen and oxygen atoms in total. The molecule has 0 heterocycles. The van der Waals surface area contributed by atoms with Crippen LogP contribution in [0.15, 0.2) is 54.1 Å². The van der Waals surface area contributed by atoms with Gasteiger partial charge in [0.2, 0.25) is 0 Å². The maximum atomic E-state index is 12.3. The molecule has 0 spiro atoms. The van der Waals surface area contributed by atoms with E-state index in [1.165, 1.54) is 26.4 Å². The molecule has 0 saturated heterocycles. The molecule has 154 valence electrons. The molecular formula is C23H21NO6. The van der Waals surface area contributed by atoms with Crippen LogP contribution in [0.25, 0.3) is 11.6 Å². The van der Waals surface area contributed by atoms with E-state index in [9.17, 15) is 14.9 Å². The SMILES string of the molecule is CCOC(=O)/C(C#N)=C(\C=C\c1ccc(C(=O)O)cc1)c1ccc(OC)c(OC)c1. The minimum absolute atomic E-state index is 0.129. The van der Waals surface area contributed by atoms with E-state index in [0.29, 0.717) is 28.2 Å². The maximum Gasteiger partial charge on any atom is 0.349 e. The molecule has 0 aromatic heterocycles. The average Bonchev–Trinajstić information content (AvgIpc) is 2.76. The number of ether oxygens (including phenoxy) is 3. The highest BCUT2D eigenvalue weighted by Gasteiger charge is 2.18. The average molecular weight is 407 g/mol. The number of rotatable bonds is 8. The van der Waals surface area contributed by atoms with Crippen LogP contribution in [0, 0.1) is 11.3 Å². The zero-order valence-electron chi connectivity index (χ0n) is 16.8. The third-order valence-electron chi connectivity index (χ3n) is 4.16. The Hall–Kier alpha value is -4.05. The quantitative estimate of drug-likeness (QED) is 0.306. The molecule has 2 aromatic rings. The number of nitrogens with zero attached hydrogens (tertiary/aromatic N) is 1. The lowest BCUT2D eigenvalue weighted by atomic mass is 9.98. The van der Waals surface area contributed by atoms with Gasteiger partial charge in [-0.2, -0.15) is 5.26 Å². The van der Waals surface area contributed by atoms with Crippen LogP contribution in [0.4, 0.5) is 0 Å². The van der Waals surface area contributed by atoms with Crippen LogP contribution in [0.2, 0.25) is 0 Å². The Bertz CT molecular complexity index is 1030. The number of hydrogen-bond donors (Lipinski definition) is 1. The highest BCUT2D eigenvalue weighted by atomic mass is 16.5. The van der Waals surface area contributed by atoms with E-state index in [1.54, 1.807) is 49.4 Å². The number of carbonyl (C=O) groups is 2. The van der Waals surface area contributed by atoms with Crippen LogP contribution in [0.3, 0.4) is 0 Å². The maximum absolute atomic E-state index is 12.3. The zero-order chi connectivity index (χ0) is 22.1.